The van der Waals surface area contributed by atoms with Crippen molar-refractivity contribution in [2.75, 3.05) is 13.1 Å². The van der Waals surface area contributed by atoms with E-state index in [1.165, 1.54) is 0 Å². The van der Waals surface area contributed by atoms with E-state index in [9.17, 15) is 9.59 Å². The highest BCUT2D eigenvalue weighted by Crippen LogP contribution is 2.37. The molecular formula is C27H28N6O2. The fraction of sp³-hybridized carbons (Fsp3) is 0.296. The van der Waals surface area contributed by atoms with Crippen LogP contribution in [0.25, 0.3) is 17.1 Å². The van der Waals surface area contributed by atoms with E-state index in [1.54, 1.807) is 41.5 Å². The zero-order valence-electron chi connectivity index (χ0n) is 19.7. The first-order valence-electron chi connectivity index (χ1n) is 11.9. The van der Waals surface area contributed by atoms with Gasteiger partial charge in [0.1, 0.15) is 11.2 Å². The van der Waals surface area contributed by atoms with Crippen molar-refractivity contribution in [2.24, 2.45) is 11.7 Å². The molecule has 1 fully saturated rings. The van der Waals surface area contributed by atoms with Gasteiger partial charge in [-0.2, -0.15) is 5.10 Å². The lowest BCUT2D eigenvalue weighted by Crippen LogP contribution is -2.62. The zero-order valence-corrected chi connectivity index (χ0v) is 19.7. The number of amides is 1. The minimum atomic E-state index is -1.22. The van der Waals surface area contributed by atoms with Crippen molar-refractivity contribution in [2.45, 2.75) is 31.7 Å². The quantitative estimate of drug-likeness (QED) is 0.557. The molecule has 0 bridgehead atoms. The molecule has 2 N–H and O–H groups in total. The summed E-state index contributed by atoms with van der Waals surface area (Å²) in [6, 6.07) is 9.32. The smallest absolute Gasteiger partial charge is 0.227 e. The Morgan fingerprint density at radius 3 is 2.60 bits per heavy atom. The van der Waals surface area contributed by atoms with Crippen LogP contribution in [0.3, 0.4) is 0 Å². The molecule has 1 aliphatic carbocycles. The SMILES string of the molecule is Cc1ccc(-c2cc(C(=O)C3(N4CCCCC4)C=CC=CC3C(N)=O)nn2-c2cccnc2)nc1. The van der Waals surface area contributed by atoms with Gasteiger partial charge in [0.05, 0.1) is 29.2 Å². The van der Waals surface area contributed by atoms with E-state index in [-0.39, 0.29) is 11.5 Å². The van der Waals surface area contributed by atoms with E-state index >= 15 is 0 Å². The molecular weight excluding hydrogens is 440 g/mol. The van der Waals surface area contributed by atoms with Gasteiger partial charge in [0, 0.05) is 12.4 Å². The first-order chi connectivity index (χ1) is 17.0. The maximum absolute atomic E-state index is 14.4. The molecule has 8 heteroatoms. The second kappa shape index (κ2) is 9.38. The van der Waals surface area contributed by atoms with Crippen LogP contribution in [0.4, 0.5) is 0 Å². The summed E-state index contributed by atoms with van der Waals surface area (Å²) >= 11 is 0. The number of hydrogen-bond acceptors (Lipinski definition) is 6. The van der Waals surface area contributed by atoms with Gasteiger partial charge < -0.3 is 5.73 Å². The topological polar surface area (TPSA) is 107 Å². The molecule has 1 amide bonds. The van der Waals surface area contributed by atoms with Crippen LogP contribution >= 0.6 is 0 Å². The number of carbonyl (C=O) groups is 2. The van der Waals surface area contributed by atoms with Crippen LogP contribution in [0.15, 0.2) is 73.2 Å². The minimum Gasteiger partial charge on any atom is -0.369 e. The Labute approximate surface area is 204 Å². The summed E-state index contributed by atoms with van der Waals surface area (Å²) in [4.78, 5) is 37.9. The van der Waals surface area contributed by atoms with E-state index in [2.05, 4.69) is 14.9 Å². The van der Waals surface area contributed by atoms with Crippen molar-refractivity contribution in [3.8, 4) is 17.1 Å². The van der Waals surface area contributed by atoms with Crippen LogP contribution in [-0.4, -0.2) is 55.0 Å². The Morgan fingerprint density at radius 2 is 1.91 bits per heavy atom. The van der Waals surface area contributed by atoms with Crippen LogP contribution < -0.4 is 5.73 Å². The Bertz CT molecular complexity index is 1290. The average Bonchev–Trinajstić information content (AvgIpc) is 3.35. The number of aromatic nitrogens is 4. The molecule has 3 aromatic rings. The van der Waals surface area contributed by atoms with Crippen LogP contribution in [-0.2, 0) is 4.79 Å². The number of pyridine rings is 2. The number of allylic oxidation sites excluding steroid dienone is 2. The second-order valence-corrected chi connectivity index (χ2v) is 9.08. The van der Waals surface area contributed by atoms with Crippen LogP contribution in [0.1, 0.15) is 35.3 Å². The number of nitrogens with two attached hydrogens (primary N) is 1. The molecule has 8 nitrogen and oxygen atoms in total. The molecule has 5 rings (SSSR count). The van der Waals surface area contributed by atoms with Crippen molar-refractivity contribution >= 4 is 11.7 Å². The number of hydrogen-bond donors (Lipinski definition) is 1. The molecule has 0 radical (unpaired) electrons. The first kappa shape index (κ1) is 22.9. The third-order valence-corrected chi connectivity index (χ3v) is 6.80. The summed E-state index contributed by atoms with van der Waals surface area (Å²) in [7, 11) is 0. The van der Waals surface area contributed by atoms with Gasteiger partial charge in [-0.1, -0.05) is 36.8 Å². The first-order valence-corrected chi connectivity index (χ1v) is 11.9. The summed E-state index contributed by atoms with van der Waals surface area (Å²) in [5.74, 6) is -1.57. The Morgan fingerprint density at radius 1 is 1.09 bits per heavy atom. The highest BCUT2D eigenvalue weighted by Gasteiger charge is 2.51. The highest BCUT2D eigenvalue weighted by molar-refractivity contribution is 6.07. The van der Waals surface area contributed by atoms with E-state index < -0.39 is 17.4 Å². The molecule has 2 aliphatic rings. The van der Waals surface area contributed by atoms with Gasteiger partial charge in [-0.3, -0.25) is 24.5 Å². The van der Waals surface area contributed by atoms with Crippen molar-refractivity contribution in [1.29, 1.82) is 0 Å². The number of piperidine rings is 1. The third-order valence-electron chi connectivity index (χ3n) is 6.80. The number of likely N-dealkylation sites (tertiary alicyclic amines) is 1. The Kier molecular flexibility index (Phi) is 6.13. The summed E-state index contributed by atoms with van der Waals surface area (Å²) in [6.07, 6.45) is 15.3. The van der Waals surface area contributed by atoms with Gasteiger partial charge in [-0.25, -0.2) is 4.68 Å². The van der Waals surface area contributed by atoms with E-state index in [1.807, 2.05) is 43.3 Å². The minimum absolute atomic E-state index is 0.250. The lowest BCUT2D eigenvalue weighted by Gasteiger charge is -2.46. The molecule has 2 atom stereocenters. The van der Waals surface area contributed by atoms with Gasteiger partial charge >= 0.3 is 0 Å². The molecule has 2 unspecified atom stereocenters. The number of ketones is 1. The lowest BCUT2D eigenvalue weighted by molar-refractivity contribution is -0.123. The van der Waals surface area contributed by atoms with E-state index in [0.717, 1.165) is 24.8 Å². The Hall–Kier alpha value is -3.91. The van der Waals surface area contributed by atoms with E-state index in [4.69, 9.17) is 10.8 Å². The molecule has 3 aromatic heterocycles. The molecule has 0 saturated carbocycles. The van der Waals surface area contributed by atoms with Gasteiger partial charge in [0.2, 0.25) is 11.7 Å². The maximum Gasteiger partial charge on any atom is 0.227 e. The van der Waals surface area contributed by atoms with Gasteiger partial charge in [-0.15, -0.1) is 0 Å². The van der Waals surface area contributed by atoms with Crippen LogP contribution in [0, 0.1) is 12.8 Å². The fourth-order valence-electron chi connectivity index (χ4n) is 5.04. The monoisotopic (exact) mass is 468 g/mol. The van der Waals surface area contributed by atoms with Crippen molar-refractivity contribution in [1.82, 2.24) is 24.6 Å². The van der Waals surface area contributed by atoms with E-state index in [0.29, 0.717) is 30.2 Å². The predicted molar refractivity (Wildman–Crippen MR) is 133 cm³/mol. The largest absolute Gasteiger partial charge is 0.369 e. The van der Waals surface area contributed by atoms with Gasteiger partial charge in [-0.05, 0) is 62.7 Å². The zero-order chi connectivity index (χ0) is 24.4. The van der Waals surface area contributed by atoms with Crippen molar-refractivity contribution < 1.29 is 9.59 Å². The number of primary amides is 1. The number of nitrogens with zero attached hydrogens (tertiary/aromatic N) is 5. The molecule has 4 heterocycles. The van der Waals surface area contributed by atoms with Crippen molar-refractivity contribution in [3.05, 3.63) is 84.5 Å². The molecule has 1 saturated heterocycles. The normalized spacial score (nSPS) is 22.3. The lowest BCUT2D eigenvalue weighted by atomic mass is 9.73. The summed E-state index contributed by atoms with van der Waals surface area (Å²) < 4.78 is 1.68. The molecule has 0 aromatic carbocycles. The predicted octanol–water partition coefficient (Wildman–Crippen LogP) is 3.27. The number of Topliss-reactive ketones (excluding diaryl/α,β-unsaturated/α-hetero) is 1. The fourth-order valence-corrected chi connectivity index (χ4v) is 5.04. The van der Waals surface area contributed by atoms with Gasteiger partial charge in [0.25, 0.3) is 0 Å². The molecule has 178 valence electrons. The molecule has 35 heavy (non-hydrogen) atoms. The standard InChI is InChI=1S/C27H28N6O2/c1-19-10-11-22(30-17-19)24-16-23(31-33(24)20-8-7-13-29-18-20)25(34)27(32-14-5-2-6-15-32)12-4-3-9-21(27)26(28)35/h3-4,7-13,16-18,21H,2,5-6,14-15H2,1H3,(H2,28,35). The number of aryl methyl sites for hydroxylation is 1. The number of rotatable bonds is 6. The summed E-state index contributed by atoms with van der Waals surface area (Å²) in [5.41, 5.74) is 7.98. The summed E-state index contributed by atoms with van der Waals surface area (Å²) in [5, 5.41) is 4.74. The van der Waals surface area contributed by atoms with Crippen molar-refractivity contribution in [3.63, 3.8) is 0 Å². The maximum atomic E-state index is 14.4. The van der Waals surface area contributed by atoms with Crippen LogP contribution in [0.2, 0.25) is 0 Å². The second-order valence-electron chi connectivity index (χ2n) is 9.08. The van der Waals surface area contributed by atoms with Gasteiger partial charge in [0.15, 0.2) is 0 Å². The molecule has 1 aliphatic heterocycles. The molecule has 0 spiro atoms. The number of carbonyl (C=O) groups excluding carboxylic acids is 2. The summed E-state index contributed by atoms with van der Waals surface area (Å²) in [6.45, 7) is 3.40. The third kappa shape index (κ3) is 4.10. The highest BCUT2D eigenvalue weighted by atomic mass is 16.2. The average molecular weight is 469 g/mol. The van der Waals surface area contributed by atoms with Crippen LogP contribution in [0.5, 0.6) is 0 Å². The Balaban J connectivity index is 1.66.